The van der Waals surface area contributed by atoms with E-state index in [0.29, 0.717) is 17.1 Å². The van der Waals surface area contributed by atoms with Crippen molar-refractivity contribution in [2.24, 2.45) is 10.3 Å². The van der Waals surface area contributed by atoms with Crippen molar-refractivity contribution in [3.63, 3.8) is 0 Å². The van der Waals surface area contributed by atoms with Crippen LogP contribution in [-0.2, 0) is 13.0 Å². The fourth-order valence-electron chi connectivity index (χ4n) is 3.27. The summed E-state index contributed by atoms with van der Waals surface area (Å²) in [5, 5.41) is 7.51. The zero-order chi connectivity index (χ0) is 24.5. The van der Waals surface area contributed by atoms with E-state index in [4.69, 9.17) is 9.15 Å². The number of hydrogen-bond donors (Lipinski definition) is 0. The maximum atomic E-state index is 12.2. The summed E-state index contributed by atoms with van der Waals surface area (Å²) >= 11 is 0. The molecule has 0 bridgehead atoms. The second-order valence-electron chi connectivity index (χ2n) is 7.69. The third kappa shape index (κ3) is 8.02. The van der Waals surface area contributed by atoms with Gasteiger partial charge < -0.3 is 13.9 Å². The molecule has 0 aliphatic carbocycles. The molecule has 0 unspecified atom stereocenters. The van der Waals surface area contributed by atoms with Crippen LogP contribution in [0.15, 0.2) is 81.4 Å². The maximum Gasteiger partial charge on any atom is 0.573 e. The second-order valence-corrected chi connectivity index (χ2v) is 7.69. The Balaban J connectivity index is 1.20. The number of aromatic nitrogens is 1. The van der Waals surface area contributed by atoms with Crippen LogP contribution in [0.2, 0.25) is 0 Å². The van der Waals surface area contributed by atoms with Crippen molar-refractivity contribution in [2.75, 3.05) is 0 Å². The molecule has 1 aliphatic heterocycles. The SMILES string of the molecule is FC(F)(F)Oc1ccc(/C=C/c2nc(COc3ccc(CCCCC4=C[N]N=N4)cc3)co2)cc1. The lowest BCUT2D eigenvalue weighted by atomic mass is 10.1. The van der Waals surface area contributed by atoms with Gasteiger partial charge >= 0.3 is 6.36 Å². The van der Waals surface area contributed by atoms with Crippen molar-refractivity contribution in [2.45, 2.75) is 38.7 Å². The Labute approximate surface area is 200 Å². The molecule has 2 aromatic carbocycles. The van der Waals surface area contributed by atoms with Crippen molar-refractivity contribution in [1.29, 1.82) is 0 Å². The molecule has 0 N–H and O–H groups in total. The molecule has 0 saturated heterocycles. The molecule has 0 spiro atoms. The Hall–Kier alpha value is -4.08. The Kier molecular flexibility index (Phi) is 7.81. The molecule has 10 heteroatoms. The van der Waals surface area contributed by atoms with E-state index >= 15 is 0 Å². The first kappa shape index (κ1) is 24.1. The average Bonchev–Trinajstić information content (AvgIpc) is 3.52. The van der Waals surface area contributed by atoms with Gasteiger partial charge in [-0.05, 0) is 72.4 Å². The van der Waals surface area contributed by atoms with Crippen LogP contribution in [-0.4, -0.2) is 11.3 Å². The number of allylic oxidation sites excluding steroid dienone is 1. The molecule has 3 aromatic rings. The van der Waals surface area contributed by atoms with E-state index in [-0.39, 0.29) is 12.4 Å². The largest absolute Gasteiger partial charge is 0.573 e. The summed E-state index contributed by atoms with van der Waals surface area (Å²) in [5.74, 6) is 0.811. The van der Waals surface area contributed by atoms with E-state index in [9.17, 15) is 13.2 Å². The highest BCUT2D eigenvalue weighted by Crippen LogP contribution is 2.23. The van der Waals surface area contributed by atoms with Gasteiger partial charge in [-0.15, -0.1) is 23.7 Å². The number of hydrogen-bond acceptors (Lipinski definition) is 6. The third-order valence-corrected chi connectivity index (χ3v) is 4.99. The lowest BCUT2D eigenvalue weighted by Gasteiger charge is -2.08. The van der Waals surface area contributed by atoms with Crippen molar-refractivity contribution < 1.29 is 27.1 Å². The monoisotopic (exact) mass is 483 g/mol. The van der Waals surface area contributed by atoms with Crippen molar-refractivity contribution in [3.8, 4) is 11.5 Å². The maximum absolute atomic E-state index is 12.2. The van der Waals surface area contributed by atoms with Crippen LogP contribution in [0.25, 0.3) is 12.2 Å². The molecule has 1 aromatic heterocycles. The van der Waals surface area contributed by atoms with Crippen LogP contribution in [0, 0.1) is 0 Å². The van der Waals surface area contributed by atoms with E-state index in [2.05, 4.69) is 25.5 Å². The van der Waals surface area contributed by atoms with Gasteiger partial charge in [-0.25, -0.2) is 4.98 Å². The predicted octanol–water partition coefficient (Wildman–Crippen LogP) is 6.86. The topological polar surface area (TPSA) is 83.3 Å². The van der Waals surface area contributed by atoms with Gasteiger partial charge in [0.15, 0.2) is 0 Å². The Morgan fingerprint density at radius 3 is 2.34 bits per heavy atom. The molecule has 35 heavy (non-hydrogen) atoms. The first-order valence-electron chi connectivity index (χ1n) is 10.9. The van der Waals surface area contributed by atoms with E-state index in [1.54, 1.807) is 18.4 Å². The first-order chi connectivity index (χ1) is 16.9. The Bertz CT molecular complexity index is 1180. The molecule has 2 heterocycles. The molecule has 1 radical (unpaired) electrons. The summed E-state index contributed by atoms with van der Waals surface area (Å²) < 4.78 is 51.7. The summed E-state index contributed by atoms with van der Waals surface area (Å²) in [7, 11) is 0. The highest BCUT2D eigenvalue weighted by molar-refractivity contribution is 5.66. The van der Waals surface area contributed by atoms with E-state index < -0.39 is 6.36 Å². The number of oxazole rings is 1. The number of alkyl halides is 3. The smallest absolute Gasteiger partial charge is 0.487 e. The molecular formula is C25H22F3N4O3. The highest BCUT2D eigenvalue weighted by Gasteiger charge is 2.30. The minimum absolute atomic E-state index is 0.245. The summed E-state index contributed by atoms with van der Waals surface area (Å²) in [4.78, 5) is 4.33. The quantitative estimate of drug-likeness (QED) is 0.279. The number of rotatable bonds is 11. The van der Waals surface area contributed by atoms with E-state index in [0.717, 1.165) is 37.1 Å². The lowest BCUT2D eigenvalue weighted by Crippen LogP contribution is -2.16. The molecule has 1 aliphatic rings. The van der Waals surface area contributed by atoms with Crippen LogP contribution in [0.3, 0.4) is 0 Å². The van der Waals surface area contributed by atoms with Gasteiger partial charge in [-0.1, -0.05) is 24.3 Å². The summed E-state index contributed by atoms with van der Waals surface area (Å²) in [6.07, 6.45) is 5.71. The van der Waals surface area contributed by atoms with Crippen LogP contribution in [0.5, 0.6) is 11.5 Å². The van der Waals surface area contributed by atoms with Gasteiger partial charge in [0.05, 0.1) is 11.9 Å². The summed E-state index contributed by atoms with van der Waals surface area (Å²) in [6, 6.07) is 13.4. The zero-order valence-corrected chi connectivity index (χ0v) is 18.6. The van der Waals surface area contributed by atoms with Crippen LogP contribution >= 0.6 is 0 Å². The molecule has 181 valence electrons. The number of aryl methyl sites for hydroxylation is 1. The Morgan fingerprint density at radius 2 is 1.63 bits per heavy atom. The highest BCUT2D eigenvalue weighted by atomic mass is 19.4. The third-order valence-electron chi connectivity index (χ3n) is 4.99. The first-order valence-corrected chi connectivity index (χ1v) is 10.9. The minimum atomic E-state index is -4.71. The minimum Gasteiger partial charge on any atom is -0.487 e. The van der Waals surface area contributed by atoms with Gasteiger partial charge in [0.25, 0.3) is 0 Å². The molecule has 7 nitrogen and oxygen atoms in total. The normalized spacial score (nSPS) is 13.2. The number of ether oxygens (including phenoxy) is 2. The number of nitrogens with zero attached hydrogens (tertiary/aromatic N) is 4. The zero-order valence-electron chi connectivity index (χ0n) is 18.6. The molecular weight excluding hydrogens is 461 g/mol. The number of benzene rings is 2. The summed E-state index contributed by atoms with van der Waals surface area (Å²) in [6.45, 7) is 0.245. The number of halogens is 3. The standard InChI is InChI=1S/C25H22F3N4O3/c26-25(27,28)35-23-12-7-19(8-13-23)9-14-24-30-21(17-34-24)16-33-22-10-5-18(6-11-22)3-1-2-4-20-15-29-32-31-20/h5-15,17H,1-4,16H2/b14-9+. The number of unbranched alkanes of at least 4 members (excludes halogenated alkanes) is 1. The molecule has 0 atom stereocenters. The van der Waals surface area contributed by atoms with Crippen LogP contribution in [0.4, 0.5) is 13.2 Å². The second kappa shape index (κ2) is 11.4. The van der Waals surface area contributed by atoms with E-state index in [1.165, 1.54) is 36.1 Å². The molecule has 4 rings (SSSR count). The van der Waals surface area contributed by atoms with Crippen LogP contribution < -0.4 is 14.9 Å². The van der Waals surface area contributed by atoms with Gasteiger partial charge in [-0.2, -0.15) is 0 Å². The van der Waals surface area contributed by atoms with Gasteiger partial charge in [0.1, 0.15) is 30.1 Å². The molecule has 0 saturated carbocycles. The van der Waals surface area contributed by atoms with Crippen LogP contribution in [0.1, 0.15) is 42.0 Å². The average molecular weight is 483 g/mol. The van der Waals surface area contributed by atoms with Crippen molar-refractivity contribution in [1.82, 2.24) is 10.4 Å². The van der Waals surface area contributed by atoms with Gasteiger partial charge in [-0.3, -0.25) is 0 Å². The molecule has 0 fully saturated rings. The van der Waals surface area contributed by atoms with Crippen molar-refractivity contribution >= 4 is 12.2 Å². The van der Waals surface area contributed by atoms with E-state index in [1.807, 2.05) is 24.3 Å². The van der Waals surface area contributed by atoms with Gasteiger partial charge in [0.2, 0.25) is 5.89 Å². The van der Waals surface area contributed by atoms with Crippen molar-refractivity contribution in [3.05, 3.63) is 89.4 Å². The fraction of sp³-hybridized carbons (Fsp3) is 0.240. The Morgan fingerprint density at radius 1 is 0.886 bits per heavy atom. The van der Waals surface area contributed by atoms with Gasteiger partial charge in [0, 0.05) is 6.08 Å². The summed E-state index contributed by atoms with van der Waals surface area (Å²) in [5.41, 5.74) is 7.17. The molecule has 0 amide bonds. The fourth-order valence-corrected chi connectivity index (χ4v) is 3.27. The lowest BCUT2D eigenvalue weighted by molar-refractivity contribution is -0.274. The predicted molar refractivity (Wildman–Crippen MR) is 122 cm³/mol.